The number of aromatic nitrogens is 1. The van der Waals surface area contributed by atoms with Crippen LogP contribution in [0.1, 0.15) is 23.8 Å². The quantitative estimate of drug-likeness (QED) is 0.784. The van der Waals surface area contributed by atoms with Crippen molar-refractivity contribution in [3.05, 3.63) is 28.5 Å². The van der Waals surface area contributed by atoms with Crippen LogP contribution in [0.15, 0.2) is 22.8 Å². The molecule has 5 heteroatoms. The first-order chi connectivity index (χ1) is 7.69. The number of halogens is 2. The third-order valence-electron chi connectivity index (χ3n) is 2.08. The molecule has 1 aromatic heterocycles. The molecule has 0 aliphatic rings. The number of amides is 1. The number of alkyl halides is 1. The second-order valence-electron chi connectivity index (χ2n) is 3.34. The van der Waals surface area contributed by atoms with Gasteiger partial charge in [-0.2, -0.15) is 0 Å². The average molecular weight is 306 g/mol. The minimum Gasteiger partial charge on any atom is -0.336 e. The van der Waals surface area contributed by atoms with E-state index in [4.69, 9.17) is 11.6 Å². The SMILES string of the molecule is CCCN(CCCl)C(=O)c1ccc(Br)cn1. The minimum atomic E-state index is -0.0602. The maximum absolute atomic E-state index is 12.0. The van der Waals surface area contributed by atoms with Gasteiger partial charge in [-0.25, -0.2) is 4.98 Å². The van der Waals surface area contributed by atoms with Gasteiger partial charge in [0.05, 0.1) is 0 Å². The lowest BCUT2D eigenvalue weighted by molar-refractivity contribution is 0.0759. The molecule has 0 unspecified atom stereocenters. The van der Waals surface area contributed by atoms with Crippen molar-refractivity contribution < 1.29 is 4.79 Å². The molecule has 3 nitrogen and oxygen atoms in total. The van der Waals surface area contributed by atoms with Crippen molar-refractivity contribution in [3.8, 4) is 0 Å². The van der Waals surface area contributed by atoms with Gasteiger partial charge < -0.3 is 4.90 Å². The van der Waals surface area contributed by atoms with Crippen molar-refractivity contribution in [3.63, 3.8) is 0 Å². The second-order valence-corrected chi connectivity index (χ2v) is 4.64. The third kappa shape index (κ3) is 3.76. The fourth-order valence-corrected chi connectivity index (χ4v) is 1.79. The molecule has 1 amide bonds. The van der Waals surface area contributed by atoms with Gasteiger partial charge in [-0.1, -0.05) is 6.92 Å². The molecule has 0 saturated heterocycles. The number of hydrogen-bond acceptors (Lipinski definition) is 2. The van der Waals surface area contributed by atoms with Gasteiger partial charge in [0.2, 0.25) is 0 Å². The zero-order valence-corrected chi connectivity index (χ0v) is 11.5. The fraction of sp³-hybridized carbons (Fsp3) is 0.455. The van der Waals surface area contributed by atoms with Gasteiger partial charge in [-0.15, -0.1) is 11.6 Å². The molecule has 1 aromatic rings. The van der Waals surface area contributed by atoms with E-state index in [0.717, 1.165) is 10.9 Å². The van der Waals surface area contributed by atoms with Crippen molar-refractivity contribution in [1.82, 2.24) is 9.88 Å². The highest BCUT2D eigenvalue weighted by Crippen LogP contribution is 2.09. The summed E-state index contributed by atoms with van der Waals surface area (Å²) in [4.78, 5) is 17.8. The normalized spacial score (nSPS) is 10.2. The van der Waals surface area contributed by atoms with Crippen LogP contribution in [0.5, 0.6) is 0 Å². The summed E-state index contributed by atoms with van der Waals surface area (Å²) in [5.74, 6) is 0.387. The fourth-order valence-electron chi connectivity index (χ4n) is 1.35. The smallest absolute Gasteiger partial charge is 0.272 e. The Bertz CT molecular complexity index is 336. The summed E-state index contributed by atoms with van der Waals surface area (Å²) >= 11 is 8.95. The molecule has 16 heavy (non-hydrogen) atoms. The predicted molar refractivity (Wildman–Crippen MR) is 68.9 cm³/mol. The van der Waals surface area contributed by atoms with Crippen molar-refractivity contribution >= 4 is 33.4 Å². The predicted octanol–water partition coefficient (Wildman–Crippen LogP) is 2.94. The van der Waals surface area contributed by atoms with Crippen LogP contribution in [0.3, 0.4) is 0 Å². The number of nitrogens with zero attached hydrogens (tertiary/aromatic N) is 2. The van der Waals surface area contributed by atoms with E-state index in [9.17, 15) is 4.79 Å². The van der Waals surface area contributed by atoms with E-state index < -0.39 is 0 Å². The van der Waals surface area contributed by atoms with Gasteiger partial charge in [-0.05, 0) is 34.5 Å². The highest BCUT2D eigenvalue weighted by molar-refractivity contribution is 9.10. The zero-order chi connectivity index (χ0) is 12.0. The molecule has 0 atom stereocenters. The number of pyridine rings is 1. The third-order valence-corrected chi connectivity index (χ3v) is 2.72. The first kappa shape index (κ1) is 13.5. The van der Waals surface area contributed by atoms with E-state index in [1.807, 2.05) is 13.0 Å². The van der Waals surface area contributed by atoms with Crippen LogP contribution in [-0.4, -0.2) is 34.8 Å². The molecule has 0 saturated carbocycles. The Morgan fingerprint density at radius 2 is 2.25 bits per heavy atom. The second kappa shape index (κ2) is 6.86. The summed E-state index contributed by atoms with van der Waals surface area (Å²) in [6.07, 6.45) is 2.54. The minimum absolute atomic E-state index is 0.0602. The van der Waals surface area contributed by atoms with Gasteiger partial charge in [0.25, 0.3) is 5.91 Å². The molecule has 1 heterocycles. The Morgan fingerprint density at radius 1 is 1.50 bits per heavy atom. The molecule has 0 aliphatic heterocycles. The molecule has 0 N–H and O–H groups in total. The number of carbonyl (C=O) groups is 1. The van der Waals surface area contributed by atoms with Gasteiger partial charge >= 0.3 is 0 Å². The van der Waals surface area contributed by atoms with Crippen LogP contribution < -0.4 is 0 Å². The molecule has 1 rings (SSSR count). The topological polar surface area (TPSA) is 33.2 Å². The van der Waals surface area contributed by atoms with Crippen molar-refractivity contribution in [2.45, 2.75) is 13.3 Å². The molecule has 0 bridgehead atoms. The Hall–Kier alpha value is -0.610. The molecule has 0 spiro atoms. The lowest BCUT2D eigenvalue weighted by atomic mass is 10.3. The Labute approximate surface area is 109 Å². The van der Waals surface area contributed by atoms with E-state index in [1.165, 1.54) is 0 Å². The molecule has 0 radical (unpaired) electrons. The van der Waals surface area contributed by atoms with E-state index in [1.54, 1.807) is 17.2 Å². The molecule has 0 fully saturated rings. The molecule has 0 aromatic carbocycles. The monoisotopic (exact) mass is 304 g/mol. The first-order valence-electron chi connectivity index (χ1n) is 5.15. The lowest BCUT2D eigenvalue weighted by Crippen LogP contribution is -2.33. The molecule has 0 aliphatic carbocycles. The summed E-state index contributed by atoms with van der Waals surface area (Å²) in [6.45, 7) is 3.30. The van der Waals surface area contributed by atoms with E-state index in [2.05, 4.69) is 20.9 Å². The molecular weight excluding hydrogens is 291 g/mol. The van der Waals surface area contributed by atoms with Crippen molar-refractivity contribution in [1.29, 1.82) is 0 Å². The van der Waals surface area contributed by atoms with Crippen LogP contribution >= 0.6 is 27.5 Å². The van der Waals surface area contributed by atoms with Crippen LogP contribution in [0.25, 0.3) is 0 Å². The molecule has 88 valence electrons. The van der Waals surface area contributed by atoms with E-state index >= 15 is 0 Å². The summed E-state index contributed by atoms with van der Waals surface area (Å²) < 4.78 is 0.864. The van der Waals surface area contributed by atoms with Crippen molar-refractivity contribution in [2.75, 3.05) is 19.0 Å². The van der Waals surface area contributed by atoms with E-state index in [0.29, 0.717) is 24.7 Å². The van der Waals surface area contributed by atoms with Gasteiger partial charge in [0.1, 0.15) is 5.69 Å². The Morgan fingerprint density at radius 3 is 2.75 bits per heavy atom. The maximum Gasteiger partial charge on any atom is 0.272 e. The number of rotatable bonds is 5. The van der Waals surface area contributed by atoms with Crippen molar-refractivity contribution in [2.24, 2.45) is 0 Å². The lowest BCUT2D eigenvalue weighted by Gasteiger charge is -2.20. The maximum atomic E-state index is 12.0. The van der Waals surface area contributed by atoms with Gasteiger partial charge in [0.15, 0.2) is 0 Å². The van der Waals surface area contributed by atoms with Crippen LogP contribution in [0.2, 0.25) is 0 Å². The zero-order valence-electron chi connectivity index (χ0n) is 9.12. The largest absolute Gasteiger partial charge is 0.336 e. The average Bonchev–Trinajstić information content (AvgIpc) is 2.29. The van der Waals surface area contributed by atoms with Crippen LogP contribution in [0, 0.1) is 0 Å². The van der Waals surface area contributed by atoms with Gasteiger partial charge in [-0.3, -0.25) is 4.79 Å². The van der Waals surface area contributed by atoms with Crippen LogP contribution in [-0.2, 0) is 0 Å². The summed E-state index contributed by atoms with van der Waals surface area (Å²) in [6, 6.07) is 3.52. The highest BCUT2D eigenvalue weighted by Gasteiger charge is 2.15. The Balaban J connectivity index is 2.77. The summed E-state index contributed by atoms with van der Waals surface area (Å²) in [5, 5.41) is 0. The molecular formula is C11H14BrClN2O. The Kier molecular flexibility index (Phi) is 5.77. The van der Waals surface area contributed by atoms with Crippen LogP contribution in [0.4, 0.5) is 0 Å². The standard InChI is InChI=1S/C11H14BrClN2O/c1-2-6-15(7-5-13)11(16)10-4-3-9(12)8-14-10/h3-4,8H,2,5-7H2,1H3. The summed E-state index contributed by atoms with van der Waals surface area (Å²) in [7, 11) is 0. The number of hydrogen-bond donors (Lipinski definition) is 0. The number of carbonyl (C=O) groups excluding carboxylic acids is 1. The van der Waals surface area contributed by atoms with Gasteiger partial charge in [0, 0.05) is 29.6 Å². The highest BCUT2D eigenvalue weighted by atomic mass is 79.9. The first-order valence-corrected chi connectivity index (χ1v) is 6.48. The summed E-state index contributed by atoms with van der Waals surface area (Å²) in [5.41, 5.74) is 0.460. The van der Waals surface area contributed by atoms with E-state index in [-0.39, 0.29) is 5.91 Å².